The highest BCUT2D eigenvalue weighted by molar-refractivity contribution is 6.09. The molecule has 27 heavy (non-hydrogen) atoms. The van der Waals surface area contributed by atoms with Crippen molar-refractivity contribution in [3.63, 3.8) is 0 Å². The van der Waals surface area contributed by atoms with Gasteiger partial charge in [-0.3, -0.25) is 14.4 Å². The molecular weight excluding hydrogens is 344 g/mol. The van der Waals surface area contributed by atoms with Gasteiger partial charge in [0.05, 0.1) is 5.41 Å². The van der Waals surface area contributed by atoms with Gasteiger partial charge in [-0.2, -0.15) is 0 Å². The Bertz CT molecular complexity index is 800. The summed E-state index contributed by atoms with van der Waals surface area (Å²) in [4.78, 5) is 41.2. The van der Waals surface area contributed by atoms with Gasteiger partial charge in [0, 0.05) is 25.3 Å². The number of likely N-dealkylation sites (tertiary alicyclic amines) is 1. The van der Waals surface area contributed by atoms with Gasteiger partial charge in [0.1, 0.15) is 5.92 Å². The van der Waals surface area contributed by atoms with E-state index in [4.69, 9.17) is 0 Å². The molecule has 3 atom stereocenters. The third-order valence-electron chi connectivity index (χ3n) is 6.63. The van der Waals surface area contributed by atoms with Crippen molar-refractivity contribution in [1.29, 1.82) is 0 Å². The van der Waals surface area contributed by atoms with Crippen molar-refractivity contribution in [2.75, 3.05) is 24.5 Å². The van der Waals surface area contributed by atoms with Crippen LogP contribution in [0.5, 0.6) is 0 Å². The normalized spacial score (nSPS) is 30.1. The van der Waals surface area contributed by atoms with E-state index in [1.54, 1.807) is 9.80 Å². The van der Waals surface area contributed by atoms with Crippen LogP contribution in [0, 0.1) is 31.1 Å². The first-order valence-corrected chi connectivity index (χ1v) is 9.74. The largest absolute Gasteiger partial charge is 0.481 e. The molecule has 2 aliphatic heterocycles. The Morgan fingerprint density at radius 2 is 1.85 bits per heavy atom. The maximum absolute atomic E-state index is 13.1. The summed E-state index contributed by atoms with van der Waals surface area (Å²) in [5.74, 6) is -1.82. The number of aliphatic carboxylic acids is 1. The van der Waals surface area contributed by atoms with Crippen LogP contribution in [0.15, 0.2) is 18.2 Å². The summed E-state index contributed by atoms with van der Waals surface area (Å²) in [6, 6.07) is 6.00. The number of fused-ring (bicyclic) bond motifs is 1. The van der Waals surface area contributed by atoms with E-state index in [2.05, 4.69) is 6.07 Å². The van der Waals surface area contributed by atoms with Crippen LogP contribution in [-0.4, -0.2) is 47.4 Å². The lowest BCUT2D eigenvalue weighted by atomic mass is 9.81. The van der Waals surface area contributed by atoms with Crippen LogP contribution in [0.1, 0.15) is 36.8 Å². The van der Waals surface area contributed by atoms with Crippen molar-refractivity contribution in [3.8, 4) is 0 Å². The Morgan fingerprint density at radius 1 is 1.15 bits per heavy atom. The lowest BCUT2D eigenvalue weighted by Gasteiger charge is -2.24. The van der Waals surface area contributed by atoms with Crippen LogP contribution in [-0.2, 0) is 14.4 Å². The molecule has 0 aromatic heterocycles. The van der Waals surface area contributed by atoms with Crippen LogP contribution in [0.3, 0.4) is 0 Å². The molecule has 144 valence electrons. The third-order valence-corrected chi connectivity index (χ3v) is 6.63. The van der Waals surface area contributed by atoms with Crippen molar-refractivity contribution in [2.45, 2.75) is 39.5 Å². The van der Waals surface area contributed by atoms with E-state index in [1.807, 2.05) is 26.0 Å². The minimum Gasteiger partial charge on any atom is -0.481 e. The Morgan fingerprint density at radius 3 is 2.48 bits per heavy atom. The van der Waals surface area contributed by atoms with E-state index < -0.39 is 17.3 Å². The quantitative estimate of drug-likeness (QED) is 0.829. The molecule has 3 fully saturated rings. The van der Waals surface area contributed by atoms with Gasteiger partial charge in [-0.15, -0.1) is 0 Å². The molecule has 1 saturated carbocycles. The number of nitrogens with zero attached hydrogens (tertiary/aromatic N) is 2. The van der Waals surface area contributed by atoms with Crippen LogP contribution >= 0.6 is 0 Å². The predicted octanol–water partition coefficient (Wildman–Crippen LogP) is 2.37. The van der Waals surface area contributed by atoms with Gasteiger partial charge in [-0.1, -0.05) is 12.5 Å². The number of hydrogen-bond acceptors (Lipinski definition) is 3. The zero-order valence-electron chi connectivity index (χ0n) is 15.9. The molecule has 0 radical (unpaired) electrons. The first kappa shape index (κ1) is 18.0. The molecule has 1 aromatic carbocycles. The molecule has 1 N–H and O–H groups in total. The maximum atomic E-state index is 13.1. The van der Waals surface area contributed by atoms with Gasteiger partial charge >= 0.3 is 5.97 Å². The van der Waals surface area contributed by atoms with Gasteiger partial charge < -0.3 is 14.9 Å². The topological polar surface area (TPSA) is 77.9 Å². The van der Waals surface area contributed by atoms with Gasteiger partial charge in [-0.25, -0.2) is 0 Å². The Labute approximate surface area is 159 Å². The highest BCUT2D eigenvalue weighted by Gasteiger charge is 2.57. The lowest BCUT2D eigenvalue weighted by molar-refractivity contribution is -0.149. The SMILES string of the molecule is Cc1cc(C)cc(N2CCC(C(=O)N3C[C@@H]4CCC[C@@]4(C(=O)O)C3)C2=O)c1. The molecule has 2 amide bonds. The molecule has 2 saturated heterocycles. The molecule has 1 aliphatic carbocycles. The van der Waals surface area contributed by atoms with Crippen molar-refractivity contribution in [1.82, 2.24) is 4.90 Å². The summed E-state index contributed by atoms with van der Waals surface area (Å²) in [5.41, 5.74) is 2.21. The smallest absolute Gasteiger partial charge is 0.311 e. The highest BCUT2D eigenvalue weighted by atomic mass is 16.4. The van der Waals surface area contributed by atoms with E-state index in [0.717, 1.165) is 29.7 Å². The number of hydrogen-bond donors (Lipinski definition) is 1. The summed E-state index contributed by atoms with van der Waals surface area (Å²) in [6.45, 7) is 5.24. The molecule has 4 rings (SSSR count). The number of carbonyl (C=O) groups excluding carboxylic acids is 2. The maximum Gasteiger partial charge on any atom is 0.311 e. The molecule has 6 heteroatoms. The first-order valence-electron chi connectivity index (χ1n) is 9.74. The fourth-order valence-electron chi connectivity index (χ4n) is 5.30. The van der Waals surface area contributed by atoms with E-state index in [1.165, 1.54) is 0 Å². The van der Waals surface area contributed by atoms with Crippen LogP contribution in [0.4, 0.5) is 5.69 Å². The fraction of sp³-hybridized carbons (Fsp3) is 0.571. The number of carboxylic acid groups (broad SMARTS) is 1. The predicted molar refractivity (Wildman–Crippen MR) is 100 cm³/mol. The monoisotopic (exact) mass is 370 g/mol. The molecule has 1 unspecified atom stereocenters. The number of benzene rings is 1. The van der Waals surface area contributed by atoms with E-state index in [-0.39, 0.29) is 24.3 Å². The van der Waals surface area contributed by atoms with Crippen LogP contribution in [0.2, 0.25) is 0 Å². The minimum atomic E-state index is -0.801. The van der Waals surface area contributed by atoms with Gasteiger partial charge in [0.15, 0.2) is 0 Å². The van der Waals surface area contributed by atoms with Gasteiger partial charge in [0.25, 0.3) is 0 Å². The first-order chi connectivity index (χ1) is 12.8. The molecule has 0 bridgehead atoms. The average Bonchev–Trinajstić information content (AvgIpc) is 3.25. The number of aryl methyl sites for hydroxylation is 2. The number of carbonyl (C=O) groups is 3. The summed E-state index contributed by atoms with van der Waals surface area (Å²) in [5, 5.41) is 9.72. The van der Waals surface area contributed by atoms with E-state index >= 15 is 0 Å². The second kappa shape index (κ2) is 6.36. The summed E-state index contributed by atoms with van der Waals surface area (Å²) in [7, 11) is 0. The molecular formula is C21H26N2O4. The average molecular weight is 370 g/mol. The number of rotatable bonds is 3. The summed E-state index contributed by atoms with van der Waals surface area (Å²) >= 11 is 0. The van der Waals surface area contributed by atoms with E-state index in [0.29, 0.717) is 25.9 Å². The van der Waals surface area contributed by atoms with Crippen molar-refractivity contribution in [3.05, 3.63) is 29.3 Å². The summed E-state index contributed by atoms with van der Waals surface area (Å²) < 4.78 is 0. The van der Waals surface area contributed by atoms with Crippen LogP contribution < -0.4 is 4.90 Å². The second-order valence-electron chi connectivity index (χ2n) is 8.45. The van der Waals surface area contributed by atoms with Crippen molar-refractivity contribution >= 4 is 23.5 Å². The lowest BCUT2D eigenvalue weighted by Crippen LogP contribution is -2.41. The standard InChI is InChI=1S/C21H26N2O4/c1-13-8-14(2)10-16(9-13)23-7-5-17(19(23)25)18(24)22-11-15-4-3-6-21(15,12-22)20(26)27/h8-10,15,17H,3-7,11-12H2,1-2H3,(H,26,27)/t15-,17?,21+/m0/s1. The number of amides is 2. The molecule has 2 heterocycles. The van der Waals surface area contributed by atoms with Crippen molar-refractivity contribution < 1.29 is 19.5 Å². The fourth-order valence-corrected chi connectivity index (χ4v) is 5.30. The number of anilines is 1. The zero-order valence-corrected chi connectivity index (χ0v) is 15.9. The van der Waals surface area contributed by atoms with Crippen molar-refractivity contribution in [2.24, 2.45) is 17.3 Å². The van der Waals surface area contributed by atoms with Crippen LogP contribution in [0.25, 0.3) is 0 Å². The van der Waals surface area contributed by atoms with E-state index in [9.17, 15) is 19.5 Å². The number of carboxylic acids is 1. The molecule has 1 aromatic rings. The Hall–Kier alpha value is -2.37. The minimum absolute atomic E-state index is 0.0194. The highest BCUT2D eigenvalue weighted by Crippen LogP contribution is 2.49. The second-order valence-corrected chi connectivity index (χ2v) is 8.45. The van der Waals surface area contributed by atoms with Gasteiger partial charge in [0.2, 0.25) is 11.8 Å². The Balaban J connectivity index is 1.51. The molecule has 6 nitrogen and oxygen atoms in total. The van der Waals surface area contributed by atoms with Gasteiger partial charge in [-0.05, 0) is 62.3 Å². The molecule has 0 spiro atoms. The zero-order chi connectivity index (χ0) is 19.3. The third kappa shape index (κ3) is 2.82. The summed E-state index contributed by atoms with van der Waals surface area (Å²) in [6.07, 6.45) is 2.88. The molecule has 3 aliphatic rings. The Kier molecular flexibility index (Phi) is 4.24.